The van der Waals surface area contributed by atoms with Crippen molar-refractivity contribution in [2.75, 3.05) is 6.54 Å². The molecule has 0 spiro atoms. The molecule has 2 rings (SSSR count). The third kappa shape index (κ3) is 3.51. The standard InChI is InChI=1S/C14H20ClNO3/c1-14(18,10-5-3-2-4-6-10)9-16-13(17)11-7-8-19-12(11)15/h7-8,10,18H,2-6,9H2,1H3,(H,16,17). The fourth-order valence-electron chi connectivity index (χ4n) is 2.68. The maximum Gasteiger partial charge on any atom is 0.256 e. The van der Waals surface area contributed by atoms with E-state index >= 15 is 0 Å². The Bertz CT molecular complexity index is 436. The molecule has 2 N–H and O–H groups in total. The molecule has 5 heteroatoms. The van der Waals surface area contributed by atoms with Crippen molar-refractivity contribution >= 4 is 17.5 Å². The molecule has 1 aliphatic rings. The number of hydrogen-bond acceptors (Lipinski definition) is 3. The van der Waals surface area contributed by atoms with Crippen molar-refractivity contribution < 1.29 is 14.3 Å². The molecular formula is C14H20ClNO3. The number of aliphatic hydroxyl groups is 1. The van der Waals surface area contributed by atoms with Gasteiger partial charge in [-0.3, -0.25) is 4.79 Å². The molecule has 0 aromatic carbocycles. The van der Waals surface area contributed by atoms with Crippen molar-refractivity contribution in [3.8, 4) is 0 Å². The summed E-state index contributed by atoms with van der Waals surface area (Å²) in [4.78, 5) is 11.9. The van der Waals surface area contributed by atoms with Crippen molar-refractivity contribution in [1.82, 2.24) is 5.32 Å². The SMILES string of the molecule is CC(O)(CNC(=O)c1ccoc1Cl)C1CCCCC1. The van der Waals surface area contributed by atoms with E-state index in [9.17, 15) is 9.90 Å². The van der Waals surface area contributed by atoms with Crippen molar-refractivity contribution in [2.24, 2.45) is 5.92 Å². The highest BCUT2D eigenvalue weighted by atomic mass is 35.5. The second kappa shape index (κ2) is 5.97. The van der Waals surface area contributed by atoms with Gasteiger partial charge in [-0.25, -0.2) is 0 Å². The van der Waals surface area contributed by atoms with E-state index in [1.165, 1.54) is 18.8 Å². The van der Waals surface area contributed by atoms with E-state index in [-0.39, 0.29) is 23.6 Å². The molecule has 1 aromatic heterocycles. The molecule has 0 bridgehead atoms. The summed E-state index contributed by atoms with van der Waals surface area (Å²) in [5.41, 5.74) is -0.562. The van der Waals surface area contributed by atoms with E-state index in [2.05, 4.69) is 5.32 Å². The zero-order chi connectivity index (χ0) is 13.9. The van der Waals surface area contributed by atoms with Crippen LogP contribution in [0.2, 0.25) is 5.22 Å². The molecule has 106 valence electrons. The molecule has 0 aliphatic heterocycles. The minimum absolute atomic E-state index is 0.0785. The van der Waals surface area contributed by atoms with Crippen LogP contribution in [0, 0.1) is 5.92 Å². The third-order valence-electron chi connectivity index (χ3n) is 3.95. The number of furan rings is 1. The van der Waals surface area contributed by atoms with E-state index < -0.39 is 5.60 Å². The fraction of sp³-hybridized carbons (Fsp3) is 0.643. The van der Waals surface area contributed by atoms with Gasteiger partial charge in [0.05, 0.1) is 17.4 Å². The number of carbonyl (C=O) groups is 1. The maximum atomic E-state index is 11.9. The molecule has 1 aliphatic carbocycles. The van der Waals surface area contributed by atoms with Crippen LogP contribution in [0.4, 0.5) is 0 Å². The Morgan fingerprint density at radius 2 is 2.21 bits per heavy atom. The minimum Gasteiger partial charge on any atom is -0.452 e. The number of nitrogens with one attached hydrogen (secondary N) is 1. The Morgan fingerprint density at radius 3 is 2.79 bits per heavy atom. The highest BCUT2D eigenvalue weighted by molar-refractivity contribution is 6.32. The van der Waals surface area contributed by atoms with E-state index in [0.29, 0.717) is 5.56 Å². The van der Waals surface area contributed by atoms with Crippen LogP contribution in [0.1, 0.15) is 49.4 Å². The summed E-state index contributed by atoms with van der Waals surface area (Å²) in [5.74, 6) is -0.0591. The normalized spacial score (nSPS) is 19.9. The van der Waals surface area contributed by atoms with Gasteiger partial charge in [-0.15, -0.1) is 0 Å². The quantitative estimate of drug-likeness (QED) is 0.894. The molecule has 0 radical (unpaired) electrons. The zero-order valence-corrected chi connectivity index (χ0v) is 11.9. The number of hydrogen-bond donors (Lipinski definition) is 2. The molecule has 1 heterocycles. The van der Waals surface area contributed by atoms with Crippen LogP contribution in [-0.4, -0.2) is 23.2 Å². The minimum atomic E-state index is -0.869. The average Bonchev–Trinajstić information content (AvgIpc) is 2.83. The van der Waals surface area contributed by atoms with Gasteiger partial charge in [0.25, 0.3) is 5.91 Å². The Balaban J connectivity index is 1.90. The van der Waals surface area contributed by atoms with Crippen LogP contribution in [0.3, 0.4) is 0 Å². The second-order valence-corrected chi connectivity index (χ2v) is 5.83. The van der Waals surface area contributed by atoms with Gasteiger partial charge >= 0.3 is 0 Å². The summed E-state index contributed by atoms with van der Waals surface area (Å²) < 4.78 is 4.88. The first-order valence-corrected chi connectivity index (χ1v) is 7.12. The van der Waals surface area contributed by atoms with E-state index in [4.69, 9.17) is 16.0 Å². The zero-order valence-electron chi connectivity index (χ0n) is 11.1. The van der Waals surface area contributed by atoms with Crippen LogP contribution < -0.4 is 5.32 Å². The summed E-state index contributed by atoms with van der Waals surface area (Å²) in [5, 5.41) is 13.3. The summed E-state index contributed by atoms with van der Waals surface area (Å²) in [6.07, 6.45) is 6.97. The highest BCUT2D eigenvalue weighted by Crippen LogP contribution is 2.32. The van der Waals surface area contributed by atoms with Crippen molar-refractivity contribution in [3.63, 3.8) is 0 Å². The smallest absolute Gasteiger partial charge is 0.256 e. The molecule has 1 saturated carbocycles. The first-order valence-electron chi connectivity index (χ1n) is 6.74. The lowest BCUT2D eigenvalue weighted by atomic mass is 9.78. The van der Waals surface area contributed by atoms with E-state index in [0.717, 1.165) is 25.7 Å². The Hall–Kier alpha value is -1.00. The van der Waals surface area contributed by atoms with Gasteiger partial charge in [-0.05, 0) is 43.4 Å². The van der Waals surface area contributed by atoms with Crippen LogP contribution in [0.5, 0.6) is 0 Å². The predicted octanol–water partition coefficient (Wildman–Crippen LogP) is 2.99. The molecule has 1 unspecified atom stereocenters. The van der Waals surface area contributed by atoms with Crippen LogP contribution in [-0.2, 0) is 0 Å². The number of rotatable bonds is 4. The van der Waals surface area contributed by atoms with Crippen molar-refractivity contribution in [1.29, 1.82) is 0 Å². The lowest BCUT2D eigenvalue weighted by Gasteiger charge is -2.35. The average molecular weight is 286 g/mol. The van der Waals surface area contributed by atoms with Gasteiger partial charge in [0.1, 0.15) is 0 Å². The van der Waals surface area contributed by atoms with Crippen LogP contribution >= 0.6 is 11.6 Å². The lowest BCUT2D eigenvalue weighted by Crippen LogP contribution is -2.46. The Morgan fingerprint density at radius 1 is 1.53 bits per heavy atom. The maximum absolute atomic E-state index is 11.9. The summed E-state index contributed by atoms with van der Waals surface area (Å²) in [6.45, 7) is 2.03. The van der Waals surface area contributed by atoms with Crippen molar-refractivity contribution in [2.45, 2.75) is 44.6 Å². The van der Waals surface area contributed by atoms with Gasteiger partial charge in [0.2, 0.25) is 5.22 Å². The van der Waals surface area contributed by atoms with Gasteiger partial charge in [-0.1, -0.05) is 19.3 Å². The van der Waals surface area contributed by atoms with Gasteiger partial charge in [0.15, 0.2) is 0 Å². The molecule has 1 fully saturated rings. The van der Waals surface area contributed by atoms with E-state index in [1.54, 1.807) is 6.92 Å². The Kier molecular flexibility index (Phi) is 4.53. The number of carbonyl (C=O) groups excluding carboxylic acids is 1. The Labute approximate surface area is 118 Å². The molecule has 1 aromatic rings. The summed E-state index contributed by atoms with van der Waals surface area (Å²) in [7, 11) is 0. The highest BCUT2D eigenvalue weighted by Gasteiger charge is 2.33. The number of amides is 1. The van der Waals surface area contributed by atoms with Gasteiger partial charge < -0.3 is 14.8 Å². The van der Waals surface area contributed by atoms with Gasteiger partial charge in [0, 0.05) is 6.54 Å². The molecule has 1 atom stereocenters. The monoisotopic (exact) mass is 285 g/mol. The molecule has 1 amide bonds. The van der Waals surface area contributed by atoms with Gasteiger partial charge in [-0.2, -0.15) is 0 Å². The molecule has 19 heavy (non-hydrogen) atoms. The third-order valence-corrected chi connectivity index (χ3v) is 4.25. The molecular weight excluding hydrogens is 266 g/mol. The van der Waals surface area contributed by atoms with Crippen LogP contribution in [0.15, 0.2) is 16.7 Å². The summed E-state index contributed by atoms with van der Waals surface area (Å²) in [6, 6.07) is 1.52. The summed E-state index contributed by atoms with van der Waals surface area (Å²) >= 11 is 5.74. The topological polar surface area (TPSA) is 62.5 Å². The molecule has 0 saturated heterocycles. The fourth-order valence-corrected chi connectivity index (χ4v) is 2.88. The number of halogens is 1. The first-order chi connectivity index (χ1) is 9.00. The first kappa shape index (κ1) is 14.4. The molecule has 4 nitrogen and oxygen atoms in total. The van der Waals surface area contributed by atoms with Crippen molar-refractivity contribution in [3.05, 3.63) is 23.1 Å². The second-order valence-electron chi connectivity index (χ2n) is 5.48. The van der Waals surface area contributed by atoms with Crippen LogP contribution in [0.25, 0.3) is 0 Å². The predicted molar refractivity (Wildman–Crippen MR) is 73.3 cm³/mol. The largest absolute Gasteiger partial charge is 0.452 e. The lowest BCUT2D eigenvalue weighted by molar-refractivity contribution is -0.0143. The van der Waals surface area contributed by atoms with E-state index in [1.807, 2.05) is 0 Å².